The number of fused-ring (bicyclic) bond motifs is 4. The van der Waals surface area contributed by atoms with Crippen molar-refractivity contribution in [1.29, 1.82) is 0 Å². The van der Waals surface area contributed by atoms with Crippen LogP contribution in [0.4, 0.5) is 4.39 Å². The van der Waals surface area contributed by atoms with Crippen LogP contribution in [-0.4, -0.2) is 23.2 Å². The van der Waals surface area contributed by atoms with E-state index < -0.39 is 13.3 Å². The molecule has 6 heteroatoms. The number of halogens is 1. The number of rotatable bonds is 5. The summed E-state index contributed by atoms with van der Waals surface area (Å²) in [6.45, 7) is 8.95. The molecule has 0 saturated carbocycles. The molecule has 3 heterocycles. The van der Waals surface area contributed by atoms with Gasteiger partial charge in [-0.05, 0) is 58.0 Å². The van der Waals surface area contributed by atoms with Crippen molar-refractivity contribution in [1.82, 2.24) is 9.97 Å². The molecule has 53 heavy (non-hydrogen) atoms. The van der Waals surface area contributed by atoms with Crippen LogP contribution >= 0.6 is 0 Å². The Balaban J connectivity index is 0.000000226. The van der Waals surface area contributed by atoms with Crippen LogP contribution in [0.15, 0.2) is 126 Å². The van der Waals surface area contributed by atoms with Gasteiger partial charge in [-0.2, -0.15) is 0 Å². The molecule has 5 aromatic carbocycles. The number of aryl methyl sites for hydroxylation is 1. The minimum Gasteiger partial charge on any atom is 0 e. The van der Waals surface area contributed by atoms with Crippen molar-refractivity contribution in [2.75, 3.05) is 0 Å². The number of benzene rings is 5. The van der Waals surface area contributed by atoms with E-state index in [4.69, 9.17) is 9.40 Å². The van der Waals surface area contributed by atoms with Gasteiger partial charge in [0, 0.05) is 31.7 Å². The van der Waals surface area contributed by atoms with Crippen LogP contribution in [-0.2, 0) is 26.5 Å². The third-order valence-corrected chi connectivity index (χ3v) is 13.7. The summed E-state index contributed by atoms with van der Waals surface area (Å²) in [6, 6.07) is 42.6. The Labute approximate surface area is 328 Å². The van der Waals surface area contributed by atoms with E-state index in [9.17, 15) is 4.39 Å². The van der Waals surface area contributed by atoms with Crippen LogP contribution in [0.5, 0.6) is 0 Å². The van der Waals surface area contributed by atoms with Gasteiger partial charge in [0.25, 0.3) is 0 Å². The van der Waals surface area contributed by atoms with E-state index >= 15 is 0 Å². The number of hydrogen-bond donors (Lipinski definition) is 0. The van der Waals surface area contributed by atoms with E-state index in [1.54, 1.807) is 6.07 Å². The molecule has 0 aliphatic rings. The Morgan fingerprint density at radius 1 is 0.736 bits per heavy atom. The number of furan rings is 1. The molecule has 0 aliphatic carbocycles. The Bertz CT molecular complexity index is 2540. The third-order valence-electron chi connectivity index (χ3n) is 9.40. The topological polar surface area (TPSA) is 38.9 Å². The van der Waals surface area contributed by atoms with Gasteiger partial charge in [-0.15, -0.1) is 18.2 Å². The van der Waals surface area contributed by atoms with Crippen molar-refractivity contribution in [2.24, 2.45) is 5.41 Å². The summed E-state index contributed by atoms with van der Waals surface area (Å²) in [4.78, 5) is 9.20. The Hall–Kier alpha value is -4.42. The molecule has 0 spiro atoms. The predicted octanol–water partition coefficient (Wildman–Crippen LogP) is 12.4. The molecule has 0 bridgehead atoms. The van der Waals surface area contributed by atoms with Crippen LogP contribution in [0.2, 0.25) is 17.3 Å². The fraction of sp³-hybridized carbons (Fsp3) is 0.191. The van der Waals surface area contributed by atoms with Gasteiger partial charge in [0.2, 0.25) is 0 Å². The number of pyridine rings is 2. The van der Waals surface area contributed by atoms with Gasteiger partial charge in [-0.1, -0.05) is 97.9 Å². The molecule has 0 saturated heterocycles. The monoisotopic (exact) mass is 937 g/mol. The van der Waals surface area contributed by atoms with Crippen LogP contribution < -0.4 is 4.40 Å². The van der Waals surface area contributed by atoms with Gasteiger partial charge in [-0.25, -0.2) is 0 Å². The average molecular weight is 936 g/mol. The second kappa shape index (κ2) is 15.5. The summed E-state index contributed by atoms with van der Waals surface area (Å²) in [5.41, 5.74) is 10.2. The first-order valence-electron chi connectivity index (χ1n) is 17.8. The van der Waals surface area contributed by atoms with Crippen LogP contribution in [0.3, 0.4) is 0 Å². The molecule has 0 fully saturated rings. The first kappa shape index (κ1) is 38.3. The Morgan fingerprint density at radius 2 is 1.45 bits per heavy atom. The molecule has 0 amide bonds. The van der Waals surface area contributed by atoms with E-state index in [-0.39, 0.29) is 31.3 Å². The molecule has 3 nitrogen and oxygen atoms in total. The van der Waals surface area contributed by atoms with Crippen molar-refractivity contribution in [3.8, 4) is 33.6 Å². The summed E-state index contributed by atoms with van der Waals surface area (Å²) >= 11 is -1.80. The quantitative estimate of drug-likeness (QED) is 0.127. The first-order valence-corrected chi connectivity index (χ1v) is 25.1. The van der Waals surface area contributed by atoms with Crippen molar-refractivity contribution < 1.29 is 28.9 Å². The van der Waals surface area contributed by atoms with Crippen molar-refractivity contribution in [2.45, 2.75) is 51.4 Å². The zero-order valence-corrected chi connectivity index (χ0v) is 35.8. The number of nitrogens with zero attached hydrogens (tertiary/aromatic N) is 2. The molecule has 3 aromatic heterocycles. The fourth-order valence-electron chi connectivity index (χ4n) is 6.71. The second-order valence-electron chi connectivity index (χ2n) is 15.7. The van der Waals surface area contributed by atoms with E-state index in [1.807, 2.05) is 24.5 Å². The van der Waals surface area contributed by atoms with Crippen LogP contribution in [0.1, 0.15) is 31.9 Å². The SMILES string of the molecule is Cc1cnc(-c2[c-]ccc3c2oc2cccc(-c4cccc5ccccc45)c23)cc1CC(C)(C)C.[CH3][Ge]([CH3])([CH3])[c]1ccc(-c2[c-]ccc(F)c2)nc1.[Ir]. The molecule has 0 N–H and O–H groups in total. The van der Waals surface area contributed by atoms with E-state index in [0.717, 1.165) is 45.3 Å². The maximum Gasteiger partial charge on any atom is 0 e. The smallest absolute Gasteiger partial charge is 0 e. The standard InChI is InChI=1S/C33H28NO.C14H15FGeN.Ir/c1-21-20-34-29(18-23(21)19-33(2,3)4)27-15-8-16-28-31-26(14-9-17-30(31)35-32(27)28)25-13-7-11-22-10-5-6-12-24(22)25;1-16(2,3)13-7-8-14(17-10-13)11-5-4-6-12(15)9-11;/h5-14,16-18,20H,19H2,1-4H3;4,6-10H,1-3H3;/q2*-1;. The Kier molecular flexibility index (Phi) is 11.2. The normalized spacial score (nSPS) is 11.7. The Morgan fingerprint density at radius 3 is 2.19 bits per heavy atom. The van der Waals surface area contributed by atoms with Crippen LogP contribution in [0.25, 0.3) is 66.4 Å². The van der Waals surface area contributed by atoms with E-state index in [1.165, 1.54) is 49.6 Å². The van der Waals surface area contributed by atoms with Gasteiger partial charge < -0.3 is 9.40 Å². The average Bonchev–Trinajstić information content (AvgIpc) is 3.51. The van der Waals surface area contributed by atoms with Gasteiger partial charge in [-0.3, -0.25) is 0 Å². The maximum atomic E-state index is 13.1. The zero-order chi connectivity index (χ0) is 36.6. The third kappa shape index (κ3) is 8.39. The molecule has 0 unspecified atom stereocenters. The minimum atomic E-state index is -1.80. The summed E-state index contributed by atoms with van der Waals surface area (Å²) in [7, 11) is 0. The van der Waals surface area contributed by atoms with Gasteiger partial charge in [0.05, 0.1) is 5.58 Å². The van der Waals surface area contributed by atoms with Crippen molar-refractivity contribution in [3.05, 3.63) is 151 Å². The van der Waals surface area contributed by atoms with Crippen molar-refractivity contribution >= 4 is 50.4 Å². The molecule has 0 atom stereocenters. The predicted molar refractivity (Wildman–Crippen MR) is 218 cm³/mol. The van der Waals surface area contributed by atoms with E-state index in [2.05, 4.69) is 141 Å². The van der Waals surface area contributed by atoms with Crippen molar-refractivity contribution in [3.63, 3.8) is 0 Å². The maximum absolute atomic E-state index is 13.1. The van der Waals surface area contributed by atoms with Gasteiger partial charge in [0.15, 0.2) is 0 Å². The molecular formula is C47H43FGeIrN2O-2. The summed E-state index contributed by atoms with van der Waals surface area (Å²) in [6.07, 6.45) is 4.90. The largest absolute Gasteiger partial charge is 0 e. The number of hydrogen-bond acceptors (Lipinski definition) is 3. The van der Waals surface area contributed by atoms with Gasteiger partial charge in [0.1, 0.15) is 5.58 Å². The molecule has 0 aliphatic heterocycles. The summed E-state index contributed by atoms with van der Waals surface area (Å²) in [5.74, 6) is 6.72. The van der Waals surface area contributed by atoms with Crippen LogP contribution in [0, 0.1) is 30.3 Å². The zero-order valence-electron chi connectivity index (χ0n) is 31.3. The summed E-state index contributed by atoms with van der Waals surface area (Å²) in [5, 5.41) is 4.71. The first-order chi connectivity index (χ1) is 24.9. The molecule has 8 aromatic rings. The fourth-order valence-corrected chi connectivity index (χ4v) is 8.89. The minimum absolute atomic E-state index is 0. The van der Waals surface area contributed by atoms with E-state index in [0.29, 0.717) is 5.56 Å². The van der Waals surface area contributed by atoms with Gasteiger partial charge >= 0.3 is 104 Å². The molecular weight excluding hydrogens is 892 g/mol. The molecule has 269 valence electrons. The second-order valence-corrected chi connectivity index (χ2v) is 26.4. The summed E-state index contributed by atoms with van der Waals surface area (Å²) < 4.78 is 20.9. The number of aromatic nitrogens is 2. The molecule has 8 rings (SSSR count). The molecule has 1 radical (unpaired) electrons.